The van der Waals surface area contributed by atoms with Crippen LogP contribution in [0.1, 0.15) is 33.6 Å². The second-order valence-corrected chi connectivity index (χ2v) is 6.60. The van der Waals surface area contributed by atoms with Gasteiger partial charge in [0.15, 0.2) is 0 Å². The lowest BCUT2D eigenvalue weighted by Crippen LogP contribution is -2.37. The molecule has 8 heteroatoms. The number of nitrogens with zero attached hydrogens (tertiary/aromatic N) is 1. The molecule has 1 aliphatic rings. The Morgan fingerprint density at radius 2 is 1.78 bits per heavy atom. The lowest BCUT2D eigenvalue weighted by molar-refractivity contribution is -0.117. The van der Waals surface area contributed by atoms with Gasteiger partial charge < -0.3 is 20.6 Å². The molecule has 23 heavy (non-hydrogen) atoms. The average molecular weight is 342 g/mol. The van der Waals surface area contributed by atoms with E-state index in [1.165, 1.54) is 11.3 Å². The number of aryl methyl sites for hydroxylation is 1. The number of aromatic carboxylic acids is 1. The Kier molecular flexibility index (Phi) is 6.52. The zero-order chi connectivity index (χ0) is 16.8. The normalized spacial score (nSPS) is 13.9. The van der Waals surface area contributed by atoms with Gasteiger partial charge in [0.25, 0.3) is 0 Å². The van der Waals surface area contributed by atoms with Gasteiger partial charge in [-0.3, -0.25) is 9.69 Å². The second-order valence-electron chi connectivity index (χ2n) is 5.49. The molecule has 0 atom stereocenters. The van der Waals surface area contributed by atoms with Crippen LogP contribution < -0.4 is 5.32 Å². The number of hydrogen-bond acceptors (Lipinski definition) is 6. The lowest BCUT2D eigenvalue weighted by Gasteiger charge is -2.19. The molecule has 1 amide bonds. The van der Waals surface area contributed by atoms with E-state index in [-0.39, 0.29) is 44.3 Å². The number of rotatable bonds is 8. The van der Waals surface area contributed by atoms with Crippen LogP contribution >= 0.6 is 11.3 Å². The maximum atomic E-state index is 12.2. The van der Waals surface area contributed by atoms with Gasteiger partial charge in [-0.15, -0.1) is 11.3 Å². The van der Waals surface area contributed by atoms with Crippen molar-refractivity contribution in [3.63, 3.8) is 0 Å². The molecule has 0 unspecified atom stereocenters. The predicted octanol–water partition coefficient (Wildman–Crippen LogP) is 0.550. The van der Waals surface area contributed by atoms with Gasteiger partial charge in [0.2, 0.25) is 5.91 Å². The standard InChI is InChI=1S/C15H22N2O5S/c18-7-5-17(6-8-19)9-12(20)16-14-13(15(21)22)10-3-1-2-4-11(10)23-14/h18-19H,1-9H2,(H,16,20)(H,21,22). The van der Waals surface area contributed by atoms with Crippen molar-refractivity contribution in [3.05, 3.63) is 16.0 Å². The summed E-state index contributed by atoms with van der Waals surface area (Å²) in [6.45, 7) is 0.339. The van der Waals surface area contributed by atoms with E-state index >= 15 is 0 Å². The molecule has 1 aliphatic carbocycles. The third-order valence-corrected chi connectivity index (χ3v) is 5.05. The number of amides is 1. The monoisotopic (exact) mass is 342 g/mol. The van der Waals surface area contributed by atoms with Crippen LogP contribution in [0.2, 0.25) is 0 Å². The van der Waals surface area contributed by atoms with Crippen LogP contribution in [0.15, 0.2) is 0 Å². The molecule has 1 aromatic rings. The van der Waals surface area contributed by atoms with Gasteiger partial charge in [0, 0.05) is 18.0 Å². The molecule has 0 radical (unpaired) electrons. The van der Waals surface area contributed by atoms with E-state index < -0.39 is 5.97 Å². The van der Waals surface area contributed by atoms with E-state index in [2.05, 4.69) is 5.32 Å². The molecule has 0 saturated heterocycles. The SMILES string of the molecule is O=C(CN(CCO)CCO)Nc1sc2c(c1C(=O)O)CCCC2. The van der Waals surface area contributed by atoms with Gasteiger partial charge in [0.1, 0.15) is 5.00 Å². The van der Waals surface area contributed by atoms with E-state index in [9.17, 15) is 14.7 Å². The summed E-state index contributed by atoms with van der Waals surface area (Å²) < 4.78 is 0. The highest BCUT2D eigenvalue weighted by atomic mass is 32.1. The average Bonchev–Trinajstić information content (AvgIpc) is 2.85. The number of aliphatic hydroxyl groups excluding tert-OH is 2. The quantitative estimate of drug-likeness (QED) is 0.549. The minimum Gasteiger partial charge on any atom is -0.478 e. The van der Waals surface area contributed by atoms with Crippen molar-refractivity contribution >= 4 is 28.2 Å². The molecule has 0 bridgehead atoms. The fraction of sp³-hybridized carbons (Fsp3) is 0.600. The number of carbonyl (C=O) groups excluding carboxylic acids is 1. The minimum atomic E-state index is -1.01. The molecule has 0 saturated carbocycles. The number of anilines is 1. The van der Waals surface area contributed by atoms with Crippen LogP contribution in [-0.2, 0) is 17.6 Å². The van der Waals surface area contributed by atoms with E-state index in [1.54, 1.807) is 4.90 Å². The summed E-state index contributed by atoms with van der Waals surface area (Å²) >= 11 is 1.34. The first-order valence-corrected chi connectivity index (χ1v) is 8.50. The number of nitrogens with one attached hydrogen (secondary N) is 1. The summed E-state index contributed by atoms with van der Waals surface area (Å²) in [6.07, 6.45) is 3.61. The van der Waals surface area contributed by atoms with Gasteiger partial charge in [-0.2, -0.15) is 0 Å². The number of fused-ring (bicyclic) bond motifs is 1. The summed E-state index contributed by atoms with van der Waals surface area (Å²) in [7, 11) is 0. The molecule has 4 N–H and O–H groups in total. The van der Waals surface area contributed by atoms with E-state index in [4.69, 9.17) is 10.2 Å². The Morgan fingerprint density at radius 3 is 2.39 bits per heavy atom. The highest BCUT2D eigenvalue weighted by Gasteiger charge is 2.26. The van der Waals surface area contributed by atoms with Gasteiger partial charge in [-0.05, 0) is 31.2 Å². The van der Waals surface area contributed by atoms with E-state index in [1.807, 2.05) is 0 Å². The lowest BCUT2D eigenvalue weighted by atomic mass is 9.95. The van der Waals surface area contributed by atoms with Gasteiger partial charge in [-0.25, -0.2) is 4.79 Å². The van der Waals surface area contributed by atoms with Crippen LogP contribution in [-0.4, -0.2) is 64.9 Å². The predicted molar refractivity (Wildman–Crippen MR) is 87.2 cm³/mol. The molecule has 0 fully saturated rings. The van der Waals surface area contributed by atoms with Crippen LogP contribution in [0.5, 0.6) is 0 Å². The van der Waals surface area contributed by atoms with Gasteiger partial charge in [-0.1, -0.05) is 0 Å². The molecular weight excluding hydrogens is 320 g/mol. The first-order chi connectivity index (χ1) is 11.1. The molecular formula is C15H22N2O5S. The molecule has 1 aromatic heterocycles. The summed E-state index contributed by atoms with van der Waals surface area (Å²) in [4.78, 5) is 26.4. The fourth-order valence-corrected chi connectivity index (χ4v) is 4.10. The molecule has 2 rings (SSSR count). The zero-order valence-corrected chi connectivity index (χ0v) is 13.7. The summed E-state index contributed by atoms with van der Waals surface area (Å²) in [5.74, 6) is -1.35. The molecule has 0 spiro atoms. The Morgan fingerprint density at radius 1 is 1.13 bits per heavy atom. The highest BCUT2D eigenvalue weighted by Crippen LogP contribution is 2.38. The maximum absolute atomic E-state index is 12.2. The van der Waals surface area contributed by atoms with Crippen molar-refractivity contribution in [1.29, 1.82) is 0 Å². The van der Waals surface area contributed by atoms with Crippen molar-refractivity contribution in [2.75, 3.05) is 38.2 Å². The van der Waals surface area contributed by atoms with E-state index in [0.717, 1.165) is 36.1 Å². The summed E-state index contributed by atoms with van der Waals surface area (Å²) in [6, 6.07) is 0. The topological polar surface area (TPSA) is 110 Å². The molecule has 0 aromatic carbocycles. The highest BCUT2D eigenvalue weighted by molar-refractivity contribution is 7.17. The van der Waals surface area contributed by atoms with Crippen LogP contribution in [0.3, 0.4) is 0 Å². The zero-order valence-electron chi connectivity index (χ0n) is 12.9. The van der Waals surface area contributed by atoms with E-state index in [0.29, 0.717) is 5.00 Å². The number of carboxylic acid groups (broad SMARTS) is 1. The van der Waals surface area contributed by atoms with Crippen molar-refractivity contribution in [1.82, 2.24) is 4.90 Å². The number of aliphatic hydroxyl groups is 2. The molecule has 128 valence electrons. The van der Waals surface area contributed by atoms with Crippen LogP contribution in [0.4, 0.5) is 5.00 Å². The van der Waals surface area contributed by atoms with Crippen molar-refractivity contribution < 1.29 is 24.9 Å². The summed E-state index contributed by atoms with van der Waals surface area (Å²) in [5, 5.41) is 30.5. The van der Waals surface area contributed by atoms with Crippen LogP contribution in [0, 0.1) is 0 Å². The molecule has 1 heterocycles. The van der Waals surface area contributed by atoms with Crippen LogP contribution in [0.25, 0.3) is 0 Å². The Bertz CT molecular complexity index is 566. The third-order valence-electron chi connectivity index (χ3n) is 3.84. The van der Waals surface area contributed by atoms with Gasteiger partial charge in [0.05, 0.1) is 25.3 Å². The van der Waals surface area contributed by atoms with Gasteiger partial charge >= 0.3 is 5.97 Å². The number of thiophene rings is 1. The minimum absolute atomic E-state index is 0.00272. The van der Waals surface area contributed by atoms with Crippen molar-refractivity contribution in [2.24, 2.45) is 0 Å². The Balaban J connectivity index is 2.11. The number of carbonyl (C=O) groups is 2. The Labute approximate surface area is 138 Å². The maximum Gasteiger partial charge on any atom is 0.339 e. The second kappa shape index (κ2) is 8.39. The Hall–Kier alpha value is -1.48. The smallest absolute Gasteiger partial charge is 0.339 e. The molecule has 0 aliphatic heterocycles. The fourth-order valence-electron chi connectivity index (χ4n) is 2.80. The third kappa shape index (κ3) is 4.51. The van der Waals surface area contributed by atoms with Crippen molar-refractivity contribution in [3.8, 4) is 0 Å². The summed E-state index contributed by atoms with van der Waals surface area (Å²) in [5.41, 5.74) is 1.07. The number of carboxylic acids is 1. The number of hydrogen-bond donors (Lipinski definition) is 4. The molecule has 7 nitrogen and oxygen atoms in total. The first kappa shape index (κ1) is 17.9. The first-order valence-electron chi connectivity index (χ1n) is 7.68. The largest absolute Gasteiger partial charge is 0.478 e. The van der Waals surface area contributed by atoms with Crippen molar-refractivity contribution in [2.45, 2.75) is 25.7 Å².